The number of nitrogens with zero attached hydrogens (tertiary/aromatic N) is 1. The van der Waals surface area contributed by atoms with E-state index in [0.29, 0.717) is 11.4 Å². The van der Waals surface area contributed by atoms with Gasteiger partial charge in [0.2, 0.25) is 5.91 Å². The molecule has 3 rings (SSSR count). The van der Waals surface area contributed by atoms with Crippen molar-refractivity contribution < 1.29 is 17.9 Å². The molecule has 27 heavy (non-hydrogen) atoms. The first-order chi connectivity index (χ1) is 12.9. The molecule has 0 fully saturated rings. The molecular weight excluding hydrogens is 384 g/mol. The topological polar surface area (TPSA) is 85.4 Å². The quantitative estimate of drug-likeness (QED) is 0.655. The largest absolute Gasteiger partial charge is 0.497 e. The van der Waals surface area contributed by atoms with E-state index in [9.17, 15) is 13.2 Å². The zero-order chi connectivity index (χ0) is 19.3. The average Bonchev–Trinajstić information content (AvgIpc) is 3.09. The molecular formula is C19H18N2O4S2. The molecule has 0 atom stereocenters. The van der Waals surface area contributed by atoms with E-state index in [4.69, 9.17) is 4.74 Å². The molecule has 6 nitrogen and oxygen atoms in total. The van der Waals surface area contributed by atoms with Gasteiger partial charge in [-0.15, -0.1) is 11.3 Å². The highest BCUT2D eigenvalue weighted by Gasteiger charge is 2.19. The van der Waals surface area contributed by atoms with Crippen LogP contribution in [0.3, 0.4) is 0 Å². The highest BCUT2D eigenvalue weighted by atomic mass is 32.2. The number of hydrogen-bond donors (Lipinski definition) is 1. The van der Waals surface area contributed by atoms with Crippen LogP contribution in [0.15, 0.2) is 60.0 Å². The summed E-state index contributed by atoms with van der Waals surface area (Å²) >= 11 is 1.36. The summed E-state index contributed by atoms with van der Waals surface area (Å²) in [6, 6.07) is 16.1. The number of carbonyl (C=O) groups is 1. The molecule has 1 heterocycles. The number of benzene rings is 2. The number of thiazole rings is 1. The number of amides is 1. The van der Waals surface area contributed by atoms with Crippen LogP contribution in [0.5, 0.6) is 5.75 Å². The van der Waals surface area contributed by atoms with E-state index < -0.39 is 21.5 Å². The molecule has 1 amide bonds. The molecule has 1 aromatic heterocycles. The Balaban J connectivity index is 1.63. The zero-order valence-electron chi connectivity index (χ0n) is 14.6. The van der Waals surface area contributed by atoms with Crippen molar-refractivity contribution in [1.82, 2.24) is 4.98 Å². The predicted molar refractivity (Wildman–Crippen MR) is 107 cm³/mol. The van der Waals surface area contributed by atoms with E-state index in [1.165, 1.54) is 11.3 Å². The number of aromatic nitrogens is 1. The Morgan fingerprint density at radius 3 is 2.48 bits per heavy atom. The minimum Gasteiger partial charge on any atom is -0.497 e. The molecule has 1 N–H and O–H groups in total. The van der Waals surface area contributed by atoms with Gasteiger partial charge in [-0.1, -0.05) is 18.2 Å². The predicted octanol–water partition coefficient (Wildman–Crippen LogP) is 3.37. The maximum absolute atomic E-state index is 12.3. The number of hydrogen-bond acceptors (Lipinski definition) is 6. The van der Waals surface area contributed by atoms with Gasteiger partial charge in [0.05, 0.1) is 18.6 Å². The summed E-state index contributed by atoms with van der Waals surface area (Å²) in [5.41, 5.74) is 1.87. The smallest absolute Gasteiger partial charge is 0.239 e. The number of anilines is 1. The van der Waals surface area contributed by atoms with Gasteiger partial charge >= 0.3 is 0 Å². The molecule has 3 aromatic rings. The Kier molecular flexibility index (Phi) is 5.88. The Hall–Kier alpha value is -2.71. The lowest BCUT2D eigenvalue weighted by Gasteiger charge is -2.05. The van der Waals surface area contributed by atoms with Crippen LogP contribution >= 0.6 is 11.3 Å². The van der Waals surface area contributed by atoms with E-state index in [0.717, 1.165) is 16.3 Å². The molecule has 0 aliphatic rings. The van der Waals surface area contributed by atoms with E-state index >= 15 is 0 Å². The van der Waals surface area contributed by atoms with Gasteiger partial charge in [0, 0.05) is 16.6 Å². The van der Waals surface area contributed by atoms with Gasteiger partial charge in [-0.3, -0.25) is 4.79 Å². The fourth-order valence-corrected chi connectivity index (χ4v) is 4.54. The third-order valence-electron chi connectivity index (χ3n) is 3.67. The number of para-hydroxylation sites is 1. The van der Waals surface area contributed by atoms with Crippen LogP contribution in [0.25, 0.3) is 10.6 Å². The molecule has 0 saturated carbocycles. The van der Waals surface area contributed by atoms with Gasteiger partial charge in [-0.2, -0.15) is 0 Å². The molecule has 8 heteroatoms. The maximum Gasteiger partial charge on any atom is 0.239 e. The maximum atomic E-state index is 12.3. The lowest BCUT2D eigenvalue weighted by Crippen LogP contribution is -2.24. The summed E-state index contributed by atoms with van der Waals surface area (Å²) in [5, 5.41) is 5.00. The van der Waals surface area contributed by atoms with Crippen molar-refractivity contribution in [3.05, 3.63) is 65.7 Å². The highest BCUT2D eigenvalue weighted by Crippen LogP contribution is 2.26. The fraction of sp³-hybridized carbons (Fsp3) is 0.158. The van der Waals surface area contributed by atoms with E-state index in [-0.39, 0.29) is 5.75 Å². The first-order valence-electron chi connectivity index (χ1n) is 8.09. The van der Waals surface area contributed by atoms with Crippen LogP contribution in [0.2, 0.25) is 0 Å². The number of carbonyl (C=O) groups excluding carboxylic acids is 1. The molecule has 0 spiro atoms. The van der Waals surface area contributed by atoms with E-state index in [1.807, 2.05) is 30.3 Å². The number of nitrogens with one attached hydrogen (secondary N) is 1. The number of methoxy groups -OCH3 is 1. The third kappa shape index (κ3) is 5.38. The SMILES string of the molecule is COc1ccc(-c2nc(CS(=O)(=O)CC(=O)Nc3ccccc3)cs2)cc1. The van der Waals surface area contributed by atoms with Gasteiger partial charge in [0.15, 0.2) is 9.84 Å². The van der Waals surface area contributed by atoms with Gasteiger partial charge in [-0.25, -0.2) is 13.4 Å². The standard InChI is InChI=1S/C19H18N2O4S2/c1-25-17-9-7-14(8-10-17)19-21-16(11-26-19)12-27(23,24)13-18(22)20-15-5-3-2-4-6-15/h2-11H,12-13H2,1H3,(H,20,22). The molecule has 0 radical (unpaired) electrons. The third-order valence-corrected chi connectivity index (χ3v) is 6.04. The van der Waals surface area contributed by atoms with Gasteiger partial charge in [0.25, 0.3) is 0 Å². The van der Waals surface area contributed by atoms with E-state index in [1.54, 1.807) is 36.8 Å². The normalized spacial score (nSPS) is 11.1. The zero-order valence-corrected chi connectivity index (χ0v) is 16.2. The monoisotopic (exact) mass is 402 g/mol. The second-order valence-corrected chi connectivity index (χ2v) is 8.74. The number of sulfone groups is 1. The molecule has 140 valence electrons. The van der Waals surface area contributed by atoms with Crippen LogP contribution in [-0.2, 0) is 20.4 Å². The second-order valence-electron chi connectivity index (χ2n) is 5.82. The molecule has 0 unspecified atom stereocenters. The highest BCUT2D eigenvalue weighted by molar-refractivity contribution is 7.91. The Bertz CT molecular complexity index is 1010. The summed E-state index contributed by atoms with van der Waals surface area (Å²) in [6.07, 6.45) is 0. The first-order valence-corrected chi connectivity index (χ1v) is 10.8. The summed E-state index contributed by atoms with van der Waals surface area (Å²) in [4.78, 5) is 16.4. The lowest BCUT2D eigenvalue weighted by molar-refractivity contribution is -0.113. The second kappa shape index (κ2) is 8.32. The Labute approximate surface area is 161 Å². The van der Waals surface area contributed by atoms with E-state index in [2.05, 4.69) is 10.3 Å². The molecule has 0 bridgehead atoms. The van der Waals surface area contributed by atoms with Crippen LogP contribution in [-0.4, -0.2) is 32.2 Å². The Morgan fingerprint density at radius 1 is 1.11 bits per heavy atom. The molecule has 0 saturated heterocycles. The van der Waals surface area contributed by atoms with Crippen LogP contribution in [0.4, 0.5) is 5.69 Å². The molecule has 0 aliphatic carbocycles. The van der Waals surface area contributed by atoms with Crippen molar-refractivity contribution in [2.75, 3.05) is 18.2 Å². The Morgan fingerprint density at radius 2 is 1.81 bits per heavy atom. The number of ether oxygens (including phenoxy) is 1. The van der Waals surface area contributed by atoms with Crippen molar-refractivity contribution in [2.45, 2.75) is 5.75 Å². The molecule has 2 aromatic carbocycles. The molecule has 0 aliphatic heterocycles. The van der Waals surface area contributed by atoms with Gasteiger partial charge < -0.3 is 10.1 Å². The van der Waals surface area contributed by atoms with Crippen LogP contribution in [0.1, 0.15) is 5.69 Å². The van der Waals surface area contributed by atoms with Crippen molar-refractivity contribution in [1.29, 1.82) is 0 Å². The van der Waals surface area contributed by atoms with Crippen molar-refractivity contribution in [3.63, 3.8) is 0 Å². The van der Waals surface area contributed by atoms with Crippen molar-refractivity contribution in [3.8, 4) is 16.3 Å². The summed E-state index contributed by atoms with van der Waals surface area (Å²) < 4.78 is 29.8. The average molecular weight is 402 g/mol. The lowest BCUT2D eigenvalue weighted by atomic mass is 10.2. The van der Waals surface area contributed by atoms with Crippen LogP contribution < -0.4 is 10.1 Å². The minimum atomic E-state index is -3.62. The van der Waals surface area contributed by atoms with Crippen molar-refractivity contribution in [2.24, 2.45) is 0 Å². The van der Waals surface area contributed by atoms with Crippen molar-refractivity contribution >= 4 is 32.8 Å². The summed E-state index contributed by atoms with van der Waals surface area (Å²) in [5.74, 6) is -0.687. The number of rotatable bonds is 7. The van der Waals surface area contributed by atoms with Gasteiger partial charge in [0.1, 0.15) is 16.5 Å². The fourth-order valence-electron chi connectivity index (χ4n) is 2.43. The summed E-state index contributed by atoms with van der Waals surface area (Å²) in [7, 11) is -2.03. The summed E-state index contributed by atoms with van der Waals surface area (Å²) in [6.45, 7) is 0. The first kappa shape index (κ1) is 19.1. The van der Waals surface area contributed by atoms with Gasteiger partial charge in [-0.05, 0) is 36.4 Å². The van der Waals surface area contributed by atoms with Crippen LogP contribution in [0, 0.1) is 0 Å². The minimum absolute atomic E-state index is 0.276.